The van der Waals surface area contributed by atoms with Crippen LogP contribution in [0.2, 0.25) is 0 Å². The fraction of sp³-hybridized carbons (Fsp3) is 0.438. The van der Waals surface area contributed by atoms with Crippen LogP contribution in [0.1, 0.15) is 43.6 Å². The van der Waals surface area contributed by atoms with E-state index in [9.17, 15) is 9.18 Å². The van der Waals surface area contributed by atoms with Crippen LogP contribution in [0.5, 0.6) is 0 Å². The van der Waals surface area contributed by atoms with Gasteiger partial charge in [0.1, 0.15) is 5.82 Å². The second kappa shape index (κ2) is 5.95. The highest BCUT2D eigenvalue weighted by Gasteiger charge is 2.52. The molecule has 0 bridgehead atoms. The molecule has 1 fully saturated rings. The largest absolute Gasteiger partial charge is 0.491 e. The normalized spacial score (nSPS) is 20.3. The van der Waals surface area contributed by atoms with Gasteiger partial charge in [0.2, 0.25) is 0 Å². The Morgan fingerprint density at radius 2 is 1.77 bits per heavy atom. The lowest BCUT2D eigenvalue weighted by atomic mass is 9.77. The molecule has 0 aromatic heterocycles. The van der Waals surface area contributed by atoms with Crippen molar-refractivity contribution < 1.29 is 18.5 Å². The van der Waals surface area contributed by atoms with E-state index < -0.39 is 24.1 Å². The van der Waals surface area contributed by atoms with Crippen molar-refractivity contribution in [2.45, 2.75) is 38.9 Å². The van der Waals surface area contributed by atoms with Gasteiger partial charge in [-0.25, -0.2) is 4.39 Å². The van der Waals surface area contributed by atoms with Crippen LogP contribution in [-0.2, 0) is 9.31 Å². The molecule has 1 aliphatic heterocycles. The van der Waals surface area contributed by atoms with Gasteiger partial charge in [-0.05, 0) is 39.2 Å². The zero-order valence-electron chi connectivity index (χ0n) is 13.4. The summed E-state index contributed by atoms with van der Waals surface area (Å²) in [7, 11) is -0.630. The molecule has 1 aliphatic rings. The van der Waals surface area contributed by atoms with Gasteiger partial charge in [0.05, 0.1) is 16.8 Å². The first-order valence-corrected chi connectivity index (χ1v) is 7.21. The maximum atomic E-state index is 14.2. The Bertz CT molecular complexity index is 597. The average Bonchev–Trinajstić information content (AvgIpc) is 2.66. The third-order valence-corrected chi connectivity index (χ3v) is 4.32. The Balaban J connectivity index is 2.36. The minimum absolute atomic E-state index is 0.0130. The van der Waals surface area contributed by atoms with Gasteiger partial charge in [-0.15, -0.1) is 0 Å². The standard InChI is InChI=1S/C16H21BFNO3/c1-15(2)16(3,4)22-17(21-15)13(9-19)8-11-6-5-7-12(10-20)14(11)18/h5-8,10H,9,19H2,1-4H3. The summed E-state index contributed by atoms with van der Waals surface area (Å²) < 4.78 is 26.0. The maximum Gasteiger partial charge on any atom is 0.491 e. The predicted octanol–water partition coefficient (Wildman–Crippen LogP) is 2.61. The first-order chi connectivity index (χ1) is 10.2. The van der Waals surface area contributed by atoms with Gasteiger partial charge in [-0.1, -0.05) is 18.2 Å². The van der Waals surface area contributed by atoms with E-state index in [0.717, 1.165) is 0 Å². The molecule has 1 aromatic rings. The topological polar surface area (TPSA) is 61.5 Å². The molecule has 118 valence electrons. The van der Waals surface area contributed by atoms with Crippen LogP contribution in [0.25, 0.3) is 6.08 Å². The zero-order valence-corrected chi connectivity index (χ0v) is 13.4. The summed E-state index contributed by atoms with van der Waals surface area (Å²) in [6.07, 6.45) is 2.08. The van der Waals surface area contributed by atoms with Crippen molar-refractivity contribution in [1.82, 2.24) is 0 Å². The molecule has 6 heteroatoms. The number of hydrogen-bond donors (Lipinski definition) is 1. The molecule has 1 saturated heterocycles. The molecule has 1 heterocycles. The summed E-state index contributed by atoms with van der Waals surface area (Å²) in [5.74, 6) is -0.569. The number of hydrogen-bond acceptors (Lipinski definition) is 4. The molecule has 1 aromatic carbocycles. The summed E-state index contributed by atoms with van der Waals surface area (Å²) in [6.45, 7) is 7.93. The molecule has 0 aliphatic carbocycles. The van der Waals surface area contributed by atoms with Gasteiger partial charge in [-0.3, -0.25) is 4.79 Å². The molecular weight excluding hydrogens is 284 g/mol. The number of nitrogens with two attached hydrogens (primary N) is 1. The van der Waals surface area contributed by atoms with Crippen LogP contribution in [-0.4, -0.2) is 31.2 Å². The highest BCUT2D eigenvalue weighted by molar-refractivity contribution is 6.55. The second-order valence-corrected chi connectivity index (χ2v) is 6.38. The van der Waals surface area contributed by atoms with E-state index in [1.165, 1.54) is 6.07 Å². The number of carbonyl (C=O) groups excluding carboxylic acids is 1. The minimum Gasteiger partial charge on any atom is -0.400 e. The highest BCUT2D eigenvalue weighted by Crippen LogP contribution is 2.38. The molecule has 0 saturated carbocycles. The molecule has 2 rings (SSSR count). The first-order valence-electron chi connectivity index (χ1n) is 7.21. The molecule has 0 unspecified atom stereocenters. The molecule has 4 nitrogen and oxygen atoms in total. The lowest BCUT2D eigenvalue weighted by Crippen LogP contribution is -2.41. The van der Waals surface area contributed by atoms with Gasteiger partial charge in [0.15, 0.2) is 6.29 Å². The molecular formula is C16H21BFNO3. The maximum absolute atomic E-state index is 14.2. The highest BCUT2D eigenvalue weighted by atomic mass is 19.1. The number of aldehydes is 1. The Morgan fingerprint density at radius 3 is 2.27 bits per heavy atom. The SMILES string of the molecule is CC1(C)OB(C(=Cc2cccc(C=O)c2F)CN)OC1(C)C. The quantitative estimate of drug-likeness (QED) is 0.686. The van der Waals surface area contributed by atoms with Gasteiger partial charge in [0, 0.05) is 12.1 Å². The Morgan fingerprint density at radius 1 is 1.23 bits per heavy atom. The van der Waals surface area contributed by atoms with E-state index in [1.807, 2.05) is 27.7 Å². The van der Waals surface area contributed by atoms with Crippen molar-refractivity contribution in [2.24, 2.45) is 5.73 Å². The fourth-order valence-corrected chi connectivity index (χ4v) is 2.19. The number of rotatable bonds is 4. The summed E-state index contributed by atoms with van der Waals surface area (Å²) in [5, 5.41) is 0. The van der Waals surface area contributed by atoms with Crippen molar-refractivity contribution in [3.8, 4) is 0 Å². The van der Waals surface area contributed by atoms with E-state index >= 15 is 0 Å². The Hall–Kier alpha value is -1.50. The predicted molar refractivity (Wildman–Crippen MR) is 84.9 cm³/mol. The smallest absolute Gasteiger partial charge is 0.400 e. The zero-order chi connectivity index (χ0) is 16.5. The molecule has 0 radical (unpaired) electrons. The van der Waals surface area contributed by atoms with E-state index in [4.69, 9.17) is 15.0 Å². The van der Waals surface area contributed by atoms with E-state index in [2.05, 4.69) is 0 Å². The van der Waals surface area contributed by atoms with Crippen LogP contribution in [0.3, 0.4) is 0 Å². The fourth-order valence-electron chi connectivity index (χ4n) is 2.19. The van der Waals surface area contributed by atoms with Crippen molar-refractivity contribution in [3.05, 3.63) is 40.6 Å². The van der Waals surface area contributed by atoms with Crippen LogP contribution >= 0.6 is 0 Å². The van der Waals surface area contributed by atoms with E-state index in [1.54, 1.807) is 18.2 Å². The Labute approximate surface area is 130 Å². The summed E-state index contributed by atoms with van der Waals surface area (Å²) in [5.41, 5.74) is 5.73. The van der Waals surface area contributed by atoms with Crippen LogP contribution in [0, 0.1) is 5.82 Å². The minimum atomic E-state index is -0.630. The molecule has 0 amide bonds. The van der Waals surface area contributed by atoms with Crippen LogP contribution in [0.4, 0.5) is 4.39 Å². The summed E-state index contributed by atoms with van der Waals surface area (Å²) in [6, 6.07) is 4.64. The molecule has 22 heavy (non-hydrogen) atoms. The molecule has 0 atom stereocenters. The molecule has 0 spiro atoms. The number of carbonyl (C=O) groups is 1. The monoisotopic (exact) mass is 305 g/mol. The van der Waals surface area contributed by atoms with Crippen LogP contribution in [0.15, 0.2) is 23.7 Å². The third kappa shape index (κ3) is 3.00. The average molecular weight is 305 g/mol. The first kappa shape index (κ1) is 16.9. The van der Waals surface area contributed by atoms with Gasteiger partial charge >= 0.3 is 7.12 Å². The lowest BCUT2D eigenvalue weighted by molar-refractivity contribution is 0.00578. The van der Waals surface area contributed by atoms with Gasteiger partial charge in [-0.2, -0.15) is 0 Å². The van der Waals surface area contributed by atoms with Crippen molar-refractivity contribution in [2.75, 3.05) is 6.54 Å². The van der Waals surface area contributed by atoms with Crippen molar-refractivity contribution in [3.63, 3.8) is 0 Å². The van der Waals surface area contributed by atoms with Crippen LogP contribution < -0.4 is 5.73 Å². The van der Waals surface area contributed by atoms with Crippen molar-refractivity contribution in [1.29, 1.82) is 0 Å². The lowest BCUT2D eigenvalue weighted by Gasteiger charge is -2.32. The Kier molecular flexibility index (Phi) is 4.56. The number of benzene rings is 1. The third-order valence-electron chi connectivity index (χ3n) is 4.32. The van der Waals surface area contributed by atoms with E-state index in [-0.39, 0.29) is 12.1 Å². The van der Waals surface area contributed by atoms with E-state index in [0.29, 0.717) is 17.3 Å². The summed E-state index contributed by atoms with van der Waals surface area (Å²) >= 11 is 0. The second-order valence-electron chi connectivity index (χ2n) is 6.38. The number of halogens is 1. The van der Waals surface area contributed by atoms with Gasteiger partial charge in [0.25, 0.3) is 0 Å². The molecule has 2 N–H and O–H groups in total. The van der Waals surface area contributed by atoms with Crippen molar-refractivity contribution >= 4 is 19.5 Å². The van der Waals surface area contributed by atoms with Gasteiger partial charge < -0.3 is 15.0 Å². The summed E-state index contributed by atoms with van der Waals surface area (Å²) in [4.78, 5) is 10.8.